The third kappa shape index (κ3) is 8.20. The maximum atomic E-state index is 13.9. The summed E-state index contributed by atoms with van der Waals surface area (Å²) in [6.45, 7) is 6.80. The van der Waals surface area contributed by atoms with Gasteiger partial charge in [-0.1, -0.05) is 12.1 Å². The molecule has 11 heteroatoms. The highest BCUT2D eigenvalue weighted by atomic mass is 32.2. The number of ether oxygens (including phenoxy) is 2. The lowest BCUT2D eigenvalue weighted by Crippen LogP contribution is -2.52. The van der Waals surface area contributed by atoms with Crippen molar-refractivity contribution in [1.29, 1.82) is 0 Å². The molecule has 0 aromatic heterocycles. The van der Waals surface area contributed by atoms with Gasteiger partial charge in [0.1, 0.15) is 29.9 Å². The highest BCUT2D eigenvalue weighted by Gasteiger charge is 2.32. The Kier molecular flexibility index (Phi) is 10.7. The lowest BCUT2D eigenvalue weighted by molar-refractivity contribution is -0.139. The first-order valence-electron chi connectivity index (χ1n) is 13.2. The van der Waals surface area contributed by atoms with Crippen molar-refractivity contribution in [2.75, 3.05) is 24.6 Å². The predicted molar refractivity (Wildman–Crippen MR) is 155 cm³/mol. The standard InChI is InChI=1S/C30H36FN3O6S/c1-6-40-26-14-16-28(17-15-26)41(37,38)34(25-12-10-24(31)11-13-25)20-29(35)33(22(4)30(36)32-21(2)3)19-23-8-7-9-27(18-23)39-5/h7-18,21-22H,6,19-20H2,1-5H3,(H,32,36). The number of halogens is 1. The number of carbonyl (C=O) groups is 2. The molecule has 1 N–H and O–H groups in total. The van der Waals surface area contributed by atoms with Gasteiger partial charge in [0.2, 0.25) is 11.8 Å². The van der Waals surface area contributed by atoms with Crippen molar-refractivity contribution in [2.45, 2.75) is 51.2 Å². The van der Waals surface area contributed by atoms with Crippen LogP contribution in [0.3, 0.4) is 0 Å². The SMILES string of the molecule is CCOc1ccc(S(=O)(=O)N(CC(=O)N(Cc2cccc(OC)c2)C(C)C(=O)NC(C)C)c2ccc(F)cc2)cc1. The zero-order valence-electron chi connectivity index (χ0n) is 23.8. The Morgan fingerprint density at radius 1 is 0.951 bits per heavy atom. The van der Waals surface area contributed by atoms with E-state index < -0.39 is 34.3 Å². The second-order valence-electron chi connectivity index (χ2n) is 9.60. The second kappa shape index (κ2) is 14.0. The van der Waals surface area contributed by atoms with Gasteiger partial charge in [-0.05, 0) is 93.9 Å². The van der Waals surface area contributed by atoms with E-state index >= 15 is 0 Å². The maximum Gasteiger partial charge on any atom is 0.264 e. The number of nitrogens with one attached hydrogen (secondary N) is 1. The van der Waals surface area contributed by atoms with Crippen LogP contribution in [-0.2, 0) is 26.2 Å². The van der Waals surface area contributed by atoms with Crippen molar-refractivity contribution in [2.24, 2.45) is 0 Å². The third-order valence-corrected chi connectivity index (χ3v) is 7.99. The number of amides is 2. The van der Waals surface area contributed by atoms with E-state index in [4.69, 9.17) is 9.47 Å². The average Bonchev–Trinajstić information content (AvgIpc) is 2.95. The summed E-state index contributed by atoms with van der Waals surface area (Å²) < 4.78 is 53.1. The number of hydrogen-bond acceptors (Lipinski definition) is 6. The normalized spacial score (nSPS) is 12.0. The third-order valence-electron chi connectivity index (χ3n) is 6.20. The number of carbonyl (C=O) groups excluding carboxylic acids is 2. The van der Waals surface area contributed by atoms with Crippen molar-refractivity contribution in [3.05, 3.63) is 84.2 Å². The Balaban J connectivity index is 2.02. The van der Waals surface area contributed by atoms with Crippen LogP contribution in [0.25, 0.3) is 0 Å². The van der Waals surface area contributed by atoms with Gasteiger partial charge < -0.3 is 19.7 Å². The number of sulfonamides is 1. The molecule has 1 atom stereocenters. The molecule has 220 valence electrons. The second-order valence-corrected chi connectivity index (χ2v) is 11.5. The first kappa shape index (κ1) is 31.4. The van der Waals surface area contributed by atoms with Crippen LogP contribution in [0.1, 0.15) is 33.3 Å². The van der Waals surface area contributed by atoms with E-state index in [-0.39, 0.29) is 29.1 Å². The summed E-state index contributed by atoms with van der Waals surface area (Å²) in [4.78, 5) is 28.1. The molecule has 0 radical (unpaired) electrons. The van der Waals surface area contributed by atoms with Gasteiger partial charge in [-0.15, -0.1) is 0 Å². The van der Waals surface area contributed by atoms with Gasteiger partial charge in [-0.3, -0.25) is 13.9 Å². The molecule has 3 aromatic carbocycles. The molecule has 1 unspecified atom stereocenters. The van der Waals surface area contributed by atoms with Crippen molar-refractivity contribution in [3.63, 3.8) is 0 Å². The summed E-state index contributed by atoms with van der Waals surface area (Å²) in [5.74, 6) is -0.514. The molecule has 0 saturated heterocycles. The van der Waals surface area contributed by atoms with Gasteiger partial charge >= 0.3 is 0 Å². The van der Waals surface area contributed by atoms with Crippen LogP contribution in [0.4, 0.5) is 10.1 Å². The first-order valence-corrected chi connectivity index (χ1v) is 14.6. The molecule has 3 rings (SSSR count). The zero-order valence-corrected chi connectivity index (χ0v) is 24.7. The molecule has 41 heavy (non-hydrogen) atoms. The minimum atomic E-state index is -4.29. The summed E-state index contributed by atoms with van der Waals surface area (Å²) in [5, 5.41) is 2.81. The van der Waals surface area contributed by atoms with Crippen molar-refractivity contribution in [1.82, 2.24) is 10.2 Å². The number of hydrogen-bond donors (Lipinski definition) is 1. The molecular weight excluding hydrogens is 549 g/mol. The minimum Gasteiger partial charge on any atom is -0.497 e. The minimum absolute atomic E-state index is 0.0169. The summed E-state index contributed by atoms with van der Waals surface area (Å²) >= 11 is 0. The van der Waals surface area contributed by atoms with Crippen LogP contribution >= 0.6 is 0 Å². The van der Waals surface area contributed by atoms with Crippen LogP contribution in [0, 0.1) is 5.82 Å². The lowest BCUT2D eigenvalue weighted by Gasteiger charge is -2.32. The van der Waals surface area contributed by atoms with Crippen LogP contribution in [0.2, 0.25) is 0 Å². The predicted octanol–water partition coefficient (Wildman–Crippen LogP) is 4.37. The summed E-state index contributed by atoms with van der Waals surface area (Å²) in [7, 11) is -2.77. The topological polar surface area (TPSA) is 105 Å². The van der Waals surface area contributed by atoms with Gasteiger partial charge in [-0.2, -0.15) is 0 Å². The van der Waals surface area contributed by atoms with E-state index in [2.05, 4.69) is 5.32 Å². The van der Waals surface area contributed by atoms with Gasteiger partial charge in [0, 0.05) is 12.6 Å². The Bertz CT molecular complexity index is 1430. The fourth-order valence-electron chi connectivity index (χ4n) is 4.09. The molecule has 0 bridgehead atoms. The molecule has 2 amide bonds. The molecule has 0 saturated carbocycles. The van der Waals surface area contributed by atoms with E-state index in [0.717, 1.165) is 16.4 Å². The fourth-order valence-corrected chi connectivity index (χ4v) is 5.51. The first-order chi connectivity index (χ1) is 19.5. The molecular formula is C30H36FN3O6S. The molecule has 0 aliphatic carbocycles. The van der Waals surface area contributed by atoms with E-state index in [1.54, 1.807) is 45.0 Å². The zero-order chi connectivity index (χ0) is 30.2. The Morgan fingerprint density at radius 3 is 2.20 bits per heavy atom. The van der Waals surface area contributed by atoms with E-state index in [9.17, 15) is 22.4 Å². The van der Waals surface area contributed by atoms with E-state index in [1.165, 1.54) is 48.4 Å². The fraction of sp³-hybridized carbons (Fsp3) is 0.333. The summed E-state index contributed by atoms with van der Waals surface area (Å²) in [6.07, 6.45) is 0. The lowest BCUT2D eigenvalue weighted by atomic mass is 10.1. The Hall–Kier alpha value is -4.12. The van der Waals surface area contributed by atoms with Crippen molar-refractivity contribution < 1.29 is 31.9 Å². The summed E-state index contributed by atoms with van der Waals surface area (Å²) in [5.41, 5.74) is 0.777. The van der Waals surface area contributed by atoms with Crippen LogP contribution < -0.4 is 19.1 Å². The molecule has 9 nitrogen and oxygen atoms in total. The average molecular weight is 586 g/mol. The molecule has 0 heterocycles. The maximum absolute atomic E-state index is 13.9. The van der Waals surface area contributed by atoms with Crippen LogP contribution in [-0.4, -0.2) is 57.5 Å². The Labute approximate surface area is 240 Å². The van der Waals surface area contributed by atoms with Crippen molar-refractivity contribution >= 4 is 27.5 Å². The van der Waals surface area contributed by atoms with Crippen molar-refractivity contribution in [3.8, 4) is 11.5 Å². The summed E-state index contributed by atoms with van der Waals surface area (Å²) in [6, 6.07) is 16.6. The van der Waals surface area contributed by atoms with Crippen LogP contribution in [0.15, 0.2) is 77.7 Å². The molecule has 0 aliphatic heterocycles. The molecule has 0 fully saturated rings. The number of nitrogens with zero attached hydrogens (tertiary/aromatic N) is 2. The Morgan fingerprint density at radius 2 is 1.61 bits per heavy atom. The van der Waals surface area contributed by atoms with Crippen LogP contribution in [0.5, 0.6) is 11.5 Å². The molecule has 3 aromatic rings. The van der Waals surface area contributed by atoms with E-state index in [1.807, 2.05) is 6.92 Å². The van der Waals surface area contributed by atoms with Gasteiger partial charge in [-0.25, -0.2) is 12.8 Å². The number of rotatable bonds is 13. The highest BCUT2D eigenvalue weighted by molar-refractivity contribution is 7.92. The monoisotopic (exact) mass is 585 g/mol. The largest absolute Gasteiger partial charge is 0.497 e. The van der Waals surface area contributed by atoms with E-state index in [0.29, 0.717) is 23.7 Å². The number of benzene rings is 3. The quantitative estimate of drug-likeness (QED) is 0.320. The molecule has 0 spiro atoms. The highest BCUT2D eigenvalue weighted by Crippen LogP contribution is 2.26. The molecule has 0 aliphatic rings. The number of anilines is 1. The van der Waals surface area contributed by atoms with Gasteiger partial charge in [0.25, 0.3) is 10.0 Å². The smallest absolute Gasteiger partial charge is 0.264 e. The number of methoxy groups -OCH3 is 1. The van der Waals surface area contributed by atoms with Gasteiger partial charge in [0.05, 0.1) is 24.3 Å². The van der Waals surface area contributed by atoms with Gasteiger partial charge in [0.15, 0.2) is 0 Å².